The molecule has 0 aliphatic heterocycles. The monoisotopic (exact) mass is 260 g/mol. The van der Waals surface area contributed by atoms with Crippen LogP contribution in [0.1, 0.15) is 42.5 Å². The third-order valence-corrected chi connectivity index (χ3v) is 2.95. The molecular formula is C14H16N2O3. The van der Waals surface area contributed by atoms with Crippen LogP contribution in [0, 0.1) is 0 Å². The topological polar surface area (TPSA) is 72.1 Å². The smallest absolute Gasteiger partial charge is 0.303 e. The van der Waals surface area contributed by atoms with Crippen LogP contribution < -0.4 is 0 Å². The molecule has 0 bridgehead atoms. The molecule has 0 aliphatic rings. The Hall–Kier alpha value is -2.17. The Labute approximate surface area is 111 Å². The molecule has 19 heavy (non-hydrogen) atoms. The second kappa shape index (κ2) is 5.22. The number of fused-ring (bicyclic) bond motifs is 1. The number of carbonyl (C=O) groups excluding carboxylic acids is 2. The summed E-state index contributed by atoms with van der Waals surface area (Å²) in [6, 6.07) is 3.63. The minimum atomic E-state index is -0.347. The zero-order valence-corrected chi connectivity index (χ0v) is 11.2. The first-order valence-corrected chi connectivity index (χ1v) is 6.17. The molecule has 1 heterocycles. The van der Waals surface area contributed by atoms with Crippen molar-refractivity contribution in [3.8, 4) is 0 Å². The molecule has 5 nitrogen and oxygen atoms in total. The molecule has 100 valence electrons. The Morgan fingerprint density at radius 2 is 2.05 bits per heavy atom. The van der Waals surface area contributed by atoms with E-state index in [1.165, 1.54) is 6.92 Å². The average Bonchev–Trinajstić information content (AvgIpc) is 2.77. The van der Waals surface area contributed by atoms with Crippen LogP contribution in [0.5, 0.6) is 0 Å². The number of hydrogen-bond donors (Lipinski definition) is 1. The van der Waals surface area contributed by atoms with Crippen LogP contribution in [-0.4, -0.2) is 21.7 Å². The van der Waals surface area contributed by atoms with Gasteiger partial charge in [0.25, 0.3) is 0 Å². The van der Waals surface area contributed by atoms with Crippen molar-refractivity contribution in [2.75, 3.05) is 0 Å². The fraction of sp³-hybridized carbons (Fsp3) is 0.357. The van der Waals surface area contributed by atoms with Crippen molar-refractivity contribution >= 4 is 22.8 Å². The van der Waals surface area contributed by atoms with E-state index < -0.39 is 0 Å². The van der Waals surface area contributed by atoms with Gasteiger partial charge in [-0.2, -0.15) is 0 Å². The van der Waals surface area contributed by atoms with Crippen molar-refractivity contribution in [3.63, 3.8) is 0 Å². The van der Waals surface area contributed by atoms with Gasteiger partial charge in [0.1, 0.15) is 12.4 Å². The number of nitrogens with zero attached hydrogens (tertiary/aromatic N) is 1. The van der Waals surface area contributed by atoms with Crippen LogP contribution in [0.3, 0.4) is 0 Å². The molecule has 0 saturated heterocycles. The predicted octanol–water partition coefficient (Wildman–Crippen LogP) is 2.39. The van der Waals surface area contributed by atoms with Gasteiger partial charge in [-0.05, 0) is 31.0 Å². The first-order chi connectivity index (χ1) is 9.02. The number of esters is 1. The molecule has 5 heteroatoms. The fourth-order valence-electron chi connectivity index (χ4n) is 2.11. The number of nitrogens with one attached hydrogen (secondary N) is 1. The van der Waals surface area contributed by atoms with E-state index in [1.807, 2.05) is 13.0 Å². The van der Waals surface area contributed by atoms with Crippen LogP contribution in [0.2, 0.25) is 0 Å². The molecule has 0 spiro atoms. The highest BCUT2D eigenvalue weighted by Crippen LogP contribution is 2.22. The molecule has 2 aromatic rings. The summed E-state index contributed by atoms with van der Waals surface area (Å²) in [5.41, 5.74) is 3.25. The molecular weight excluding hydrogens is 244 g/mol. The standard InChI is InChI=1S/C14H16N2O3/c1-4-10-11(8(2)17)5-6-12-14(10)16-13(15-12)7-19-9(3)18/h5-6H,4,7H2,1-3H3,(H,15,16). The van der Waals surface area contributed by atoms with Crippen LogP contribution in [0.15, 0.2) is 12.1 Å². The molecule has 0 fully saturated rings. The Kier molecular flexibility index (Phi) is 3.64. The number of ketones is 1. The van der Waals surface area contributed by atoms with E-state index in [0.29, 0.717) is 11.4 Å². The van der Waals surface area contributed by atoms with Crippen LogP contribution >= 0.6 is 0 Å². The van der Waals surface area contributed by atoms with Crippen molar-refractivity contribution in [2.45, 2.75) is 33.8 Å². The second-order valence-corrected chi connectivity index (χ2v) is 4.36. The number of ether oxygens (including phenoxy) is 1. The first kappa shape index (κ1) is 13.3. The molecule has 1 N–H and O–H groups in total. The fourth-order valence-corrected chi connectivity index (χ4v) is 2.11. The van der Waals surface area contributed by atoms with E-state index in [-0.39, 0.29) is 18.4 Å². The highest BCUT2D eigenvalue weighted by molar-refractivity contribution is 6.00. The summed E-state index contributed by atoms with van der Waals surface area (Å²) in [4.78, 5) is 29.9. The Morgan fingerprint density at radius 1 is 1.32 bits per heavy atom. The Balaban J connectivity index is 2.47. The van der Waals surface area contributed by atoms with E-state index in [0.717, 1.165) is 23.0 Å². The number of hydrogen-bond acceptors (Lipinski definition) is 4. The maximum atomic E-state index is 11.6. The van der Waals surface area contributed by atoms with Crippen molar-refractivity contribution in [1.29, 1.82) is 0 Å². The van der Waals surface area contributed by atoms with Gasteiger partial charge in [-0.3, -0.25) is 9.59 Å². The third kappa shape index (κ3) is 2.65. The number of imidazole rings is 1. The minimum Gasteiger partial charge on any atom is -0.458 e. The number of aryl methyl sites for hydroxylation is 1. The summed E-state index contributed by atoms with van der Waals surface area (Å²) in [6.45, 7) is 5.00. The average molecular weight is 260 g/mol. The quantitative estimate of drug-likeness (QED) is 0.676. The van der Waals surface area contributed by atoms with Gasteiger partial charge in [0.15, 0.2) is 5.78 Å². The normalized spacial score (nSPS) is 10.7. The first-order valence-electron chi connectivity index (χ1n) is 6.17. The van der Waals surface area contributed by atoms with Crippen LogP contribution in [0.25, 0.3) is 11.0 Å². The van der Waals surface area contributed by atoms with Crippen molar-refractivity contribution < 1.29 is 14.3 Å². The summed E-state index contributed by atoms with van der Waals surface area (Å²) < 4.78 is 4.91. The largest absolute Gasteiger partial charge is 0.458 e. The molecule has 1 aromatic carbocycles. The van der Waals surface area contributed by atoms with Gasteiger partial charge in [-0.1, -0.05) is 6.92 Å². The minimum absolute atomic E-state index is 0.0308. The third-order valence-electron chi connectivity index (χ3n) is 2.95. The van der Waals surface area contributed by atoms with Gasteiger partial charge in [0, 0.05) is 12.5 Å². The molecule has 0 atom stereocenters. The summed E-state index contributed by atoms with van der Waals surface area (Å²) in [7, 11) is 0. The van der Waals surface area contributed by atoms with Gasteiger partial charge < -0.3 is 9.72 Å². The van der Waals surface area contributed by atoms with Gasteiger partial charge in [0.05, 0.1) is 11.0 Å². The molecule has 0 amide bonds. The zero-order chi connectivity index (χ0) is 14.0. The summed E-state index contributed by atoms with van der Waals surface area (Å²) in [5.74, 6) is 0.268. The molecule has 0 aliphatic carbocycles. The van der Waals surface area contributed by atoms with E-state index in [1.54, 1.807) is 13.0 Å². The van der Waals surface area contributed by atoms with Gasteiger partial charge in [-0.25, -0.2) is 4.98 Å². The van der Waals surface area contributed by atoms with Gasteiger partial charge in [-0.15, -0.1) is 0 Å². The Bertz CT molecular complexity index is 643. The predicted molar refractivity (Wildman–Crippen MR) is 70.9 cm³/mol. The van der Waals surface area contributed by atoms with Gasteiger partial charge in [0.2, 0.25) is 0 Å². The lowest BCUT2D eigenvalue weighted by Crippen LogP contribution is -2.00. The van der Waals surface area contributed by atoms with Crippen molar-refractivity contribution in [1.82, 2.24) is 9.97 Å². The number of H-pyrrole nitrogens is 1. The van der Waals surface area contributed by atoms with Gasteiger partial charge >= 0.3 is 5.97 Å². The zero-order valence-electron chi connectivity index (χ0n) is 11.2. The van der Waals surface area contributed by atoms with Crippen LogP contribution in [-0.2, 0) is 22.6 Å². The second-order valence-electron chi connectivity index (χ2n) is 4.36. The van der Waals surface area contributed by atoms with Crippen molar-refractivity contribution in [2.24, 2.45) is 0 Å². The number of aromatic amines is 1. The number of rotatable bonds is 4. The Morgan fingerprint density at radius 3 is 2.63 bits per heavy atom. The number of aromatic nitrogens is 2. The lowest BCUT2D eigenvalue weighted by Gasteiger charge is -2.04. The summed E-state index contributed by atoms with van der Waals surface area (Å²) in [6.07, 6.45) is 0.726. The van der Waals surface area contributed by atoms with E-state index in [4.69, 9.17) is 4.74 Å². The maximum Gasteiger partial charge on any atom is 0.303 e. The lowest BCUT2D eigenvalue weighted by molar-refractivity contribution is -0.142. The van der Waals surface area contributed by atoms with E-state index in [9.17, 15) is 9.59 Å². The van der Waals surface area contributed by atoms with Crippen molar-refractivity contribution in [3.05, 3.63) is 29.1 Å². The molecule has 0 unspecified atom stereocenters. The van der Waals surface area contributed by atoms with Crippen LogP contribution in [0.4, 0.5) is 0 Å². The maximum absolute atomic E-state index is 11.6. The van der Waals surface area contributed by atoms with E-state index in [2.05, 4.69) is 9.97 Å². The molecule has 0 saturated carbocycles. The highest BCUT2D eigenvalue weighted by Gasteiger charge is 2.13. The summed E-state index contributed by atoms with van der Waals surface area (Å²) >= 11 is 0. The lowest BCUT2D eigenvalue weighted by atomic mass is 10.0. The number of benzene rings is 1. The van der Waals surface area contributed by atoms with E-state index >= 15 is 0 Å². The summed E-state index contributed by atoms with van der Waals surface area (Å²) in [5, 5.41) is 0. The number of Topliss-reactive ketones (excluding diaryl/α,β-unsaturated/α-hetero) is 1. The molecule has 2 rings (SSSR count). The molecule has 0 radical (unpaired) electrons. The molecule has 1 aromatic heterocycles. The highest BCUT2D eigenvalue weighted by atomic mass is 16.5. The number of carbonyl (C=O) groups is 2. The SMILES string of the molecule is CCc1c(C(C)=O)ccc2[nH]c(COC(C)=O)nc12.